The summed E-state index contributed by atoms with van der Waals surface area (Å²) < 4.78 is 10.5. The molecule has 0 amide bonds. The highest BCUT2D eigenvalue weighted by atomic mass is 33.1. The molecule has 0 aromatic carbocycles. The van der Waals surface area contributed by atoms with Gasteiger partial charge in [0.15, 0.2) is 0 Å². The van der Waals surface area contributed by atoms with Crippen LogP contribution in [0.2, 0.25) is 0 Å². The van der Waals surface area contributed by atoms with E-state index in [4.69, 9.17) is 20.9 Å². The van der Waals surface area contributed by atoms with Gasteiger partial charge in [-0.2, -0.15) is 0 Å². The maximum absolute atomic E-state index is 5.29. The van der Waals surface area contributed by atoms with Gasteiger partial charge in [-0.15, -0.1) is 11.7 Å². The van der Waals surface area contributed by atoms with Gasteiger partial charge in [0.25, 0.3) is 0 Å². The number of hydrogen-bond donors (Lipinski definition) is 1. The third kappa shape index (κ3) is 3.56. The molecule has 0 aromatic heterocycles. The molecule has 0 aliphatic heterocycles. The minimum absolute atomic E-state index is 0.204. The Kier molecular flexibility index (Phi) is 7.39. The van der Waals surface area contributed by atoms with Crippen molar-refractivity contribution in [2.24, 2.45) is 0 Å². The van der Waals surface area contributed by atoms with Gasteiger partial charge < -0.3 is 9.05 Å². The number of thiol groups is 1. The summed E-state index contributed by atoms with van der Waals surface area (Å²) in [6, 6.07) is 0. The van der Waals surface area contributed by atoms with Gasteiger partial charge in [-0.3, -0.25) is 0 Å². The zero-order chi connectivity index (χ0) is 9.61. The molecule has 0 heterocycles. The van der Waals surface area contributed by atoms with Crippen LogP contribution in [0.1, 0.15) is 19.8 Å². The second-order valence-electron chi connectivity index (χ2n) is 2.25. The van der Waals surface area contributed by atoms with E-state index in [9.17, 15) is 0 Å². The van der Waals surface area contributed by atoms with Crippen LogP contribution in [0.15, 0.2) is 0 Å². The molecule has 0 spiro atoms. The van der Waals surface area contributed by atoms with Crippen LogP contribution in [0.4, 0.5) is 0 Å². The Labute approximate surface area is 88.8 Å². The summed E-state index contributed by atoms with van der Waals surface area (Å²) in [7, 11) is 4.66. The molecule has 0 radical (unpaired) electrons. The summed E-state index contributed by atoms with van der Waals surface area (Å²) >= 11 is 9.46. The first-order valence-electron chi connectivity index (χ1n) is 3.66. The van der Waals surface area contributed by atoms with Crippen LogP contribution in [0.5, 0.6) is 0 Å². The van der Waals surface area contributed by atoms with Crippen molar-refractivity contribution in [3.63, 3.8) is 0 Å². The molecule has 1 unspecified atom stereocenters. The lowest BCUT2D eigenvalue weighted by Gasteiger charge is -2.25. The maximum atomic E-state index is 5.29. The van der Waals surface area contributed by atoms with Crippen molar-refractivity contribution in [3.8, 4) is 0 Å². The van der Waals surface area contributed by atoms with Crippen LogP contribution >= 0.6 is 28.9 Å². The zero-order valence-corrected chi connectivity index (χ0v) is 10.9. The average molecular weight is 246 g/mol. The molecule has 0 fully saturated rings. The third-order valence-corrected chi connectivity index (χ3v) is 8.45. The van der Waals surface area contributed by atoms with Gasteiger partial charge in [0.1, 0.15) is 0 Å². The molecule has 6 heteroatoms. The second-order valence-corrected chi connectivity index (χ2v) is 7.98. The predicted octanol–water partition coefficient (Wildman–Crippen LogP) is 3.29. The molecule has 0 saturated heterocycles. The SMILES string of the molecule is CCCC(SS)P(=S)(OC)OC. The van der Waals surface area contributed by atoms with Crippen molar-refractivity contribution in [1.82, 2.24) is 0 Å². The molecule has 0 saturated carbocycles. The van der Waals surface area contributed by atoms with Crippen molar-refractivity contribution < 1.29 is 9.05 Å². The van der Waals surface area contributed by atoms with Crippen LogP contribution in [0.3, 0.4) is 0 Å². The molecule has 0 rings (SSSR count). The fraction of sp³-hybridized carbons (Fsp3) is 1.00. The lowest BCUT2D eigenvalue weighted by Crippen LogP contribution is -2.04. The Morgan fingerprint density at radius 3 is 2.25 bits per heavy atom. The summed E-state index contributed by atoms with van der Waals surface area (Å²) in [5, 5.41) is 0. The molecule has 0 aromatic rings. The molecule has 74 valence electrons. The molecule has 2 nitrogen and oxygen atoms in total. The van der Waals surface area contributed by atoms with E-state index in [2.05, 4.69) is 18.6 Å². The van der Waals surface area contributed by atoms with Gasteiger partial charge in [0.05, 0.1) is 4.99 Å². The van der Waals surface area contributed by atoms with Crippen molar-refractivity contribution >= 4 is 40.8 Å². The highest BCUT2D eigenvalue weighted by molar-refractivity contribution is 8.70. The molecule has 12 heavy (non-hydrogen) atoms. The van der Waals surface area contributed by atoms with Crippen LogP contribution in [-0.4, -0.2) is 19.2 Å². The van der Waals surface area contributed by atoms with E-state index >= 15 is 0 Å². The van der Waals surface area contributed by atoms with E-state index in [1.807, 2.05) is 0 Å². The maximum Gasteiger partial charge on any atom is 0.202 e. The van der Waals surface area contributed by atoms with E-state index in [0.29, 0.717) is 0 Å². The summed E-state index contributed by atoms with van der Waals surface area (Å²) in [5.74, 6) is 0. The van der Waals surface area contributed by atoms with Gasteiger partial charge in [-0.05, 0) is 18.2 Å². The fourth-order valence-corrected chi connectivity index (χ4v) is 6.05. The Bertz CT molecular complexity index is 157. The standard InChI is InChI=1S/C6H15O2PS3/c1-4-5-6(12-11)9(10,7-2)8-3/h6,11H,4-5H2,1-3H3. The van der Waals surface area contributed by atoms with E-state index in [1.54, 1.807) is 14.2 Å². The largest absolute Gasteiger partial charge is 0.332 e. The van der Waals surface area contributed by atoms with Gasteiger partial charge in [-0.1, -0.05) is 24.1 Å². The number of hydrogen-bond acceptors (Lipinski definition) is 5. The predicted molar refractivity (Wildman–Crippen MR) is 63.6 cm³/mol. The van der Waals surface area contributed by atoms with Crippen molar-refractivity contribution in [2.75, 3.05) is 14.2 Å². The molecular weight excluding hydrogens is 231 g/mol. The van der Waals surface area contributed by atoms with Gasteiger partial charge in [0, 0.05) is 14.2 Å². The monoisotopic (exact) mass is 246 g/mol. The Morgan fingerprint density at radius 2 is 2.00 bits per heavy atom. The van der Waals surface area contributed by atoms with Gasteiger partial charge in [-0.25, -0.2) is 0 Å². The minimum Gasteiger partial charge on any atom is -0.332 e. The van der Waals surface area contributed by atoms with Crippen molar-refractivity contribution in [1.29, 1.82) is 0 Å². The third-order valence-electron chi connectivity index (χ3n) is 1.52. The molecular formula is C6H15O2PS3. The molecule has 0 bridgehead atoms. The van der Waals surface area contributed by atoms with Gasteiger partial charge in [0.2, 0.25) is 6.49 Å². The Balaban J connectivity index is 4.33. The van der Waals surface area contributed by atoms with E-state index in [-0.39, 0.29) is 4.99 Å². The minimum atomic E-state index is -2.09. The van der Waals surface area contributed by atoms with Crippen LogP contribution in [-0.2, 0) is 20.9 Å². The smallest absolute Gasteiger partial charge is 0.202 e. The molecule has 0 aliphatic rings. The highest BCUT2D eigenvalue weighted by Crippen LogP contribution is 2.58. The van der Waals surface area contributed by atoms with Crippen molar-refractivity contribution in [2.45, 2.75) is 24.8 Å². The summed E-state index contributed by atoms with van der Waals surface area (Å²) in [4.78, 5) is 0.204. The lowest BCUT2D eigenvalue weighted by molar-refractivity contribution is 0.334. The Hall–Kier alpha value is 1.27. The van der Waals surface area contributed by atoms with E-state index < -0.39 is 6.49 Å². The van der Waals surface area contributed by atoms with Gasteiger partial charge >= 0.3 is 0 Å². The normalized spacial score (nSPS) is 14.7. The average Bonchev–Trinajstić information content (AvgIpc) is 2.13. The van der Waals surface area contributed by atoms with E-state index in [1.165, 1.54) is 10.8 Å². The fourth-order valence-electron chi connectivity index (χ4n) is 0.825. The Morgan fingerprint density at radius 1 is 1.50 bits per heavy atom. The second kappa shape index (κ2) is 6.68. The molecule has 1 atom stereocenters. The molecule has 0 aliphatic carbocycles. The van der Waals surface area contributed by atoms with Crippen LogP contribution in [0, 0.1) is 0 Å². The molecule has 0 N–H and O–H groups in total. The summed E-state index contributed by atoms with van der Waals surface area (Å²) in [5.41, 5.74) is 0. The first-order chi connectivity index (χ1) is 5.64. The zero-order valence-electron chi connectivity index (χ0n) is 7.52. The quantitative estimate of drug-likeness (QED) is 0.440. The van der Waals surface area contributed by atoms with E-state index in [0.717, 1.165) is 12.8 Å². The number of rotatable bonds is 6. The first-order valence-corrected chi connectivity index (χ1v) is 8.30. The summed E-state index contributed by atoms with van der Waals surface area (Å²) in [6.07, 6.45) is 2.07. The summed E-state index contributed by atoms with van der Waals surface area (Å²) in [6.45, 7) is 0.0252. The van der Waals surface area contributed by atoms with Crippen molar-refractivity contribution in [3.05, 3.63) is 0 Å². The highest BCUT2D eigenvalue weighted by Gasteiger charge is 2.27. The first kappa shape index (κ1) is 13.3. The lowest BCUT2D eigenvalue weighted by atomic mass is 10.4. The topological polar surface area (TPSA) is 18.5 Å². The van der Waals surface area contributed by atoms with Crippen LogP contribution in [0.25, 0.3) is 0 Å². The van der Waals surface area contributed by atoms with Crippen LogP contribution < -0.4 is 0 Å².